The van der Waals surface area contributed by atoms with Crippen LogP contribution in [0.25, 0.3) is 0 Å². The molecule has 5 nitrogen and oxygen atoms in total. The zero-order valence-corrected chi connectivity index (χ0v) is 17.1. The lowest BCUT2D eigenvalue weighted by Gasteiger charge is -2.32. The average molecular weight is 407 g/mol. The highest BCUT2D eigenvalue weighted by Crippen LogP contribution is 2.31. The van der Waals surface area contributed by atoms with Gasteiger partial charge in [0.1, 0.15) is 0 Å². The summed E-state index contributed by atoms with van der Waals surface area (Å²) in [7, 11) is 0. The fourth-order valence-electron chi connectivity index (χ4n) is 3.57. The van der Waals surface area contributed by atoms with Crippen LogP contribution in [0, 0.1) is 5.92 Å². The van der Waals surface area contributed by atoms with Gasteiger partial charge in [0.2, 0.25) is 5.91 Å². The summed E-state index contributed by atoms with van der Waals surface area (Å²) in [6.07, 6.45) is 3.41. The van der Waals surface area contributed by atoms with Crippen LogP contribution in [0.5, 0.6) is 0 Å². The third-order valence-corrected chi connectivity index (χ3v) is 5.61. The van der Waals surface area contributed by atoms with E-state index in [9.17, 15) is 4.79 Å². The van der Waals surface area contributed by atoms with Gasteiger partial charge in [-0.15, -0.1) is 10.2 Å². The molecule has 1 unspecified atom stereocenters. The van der Waals surface area contributed by atoms with Gasteiger partial charge in [-0.1, -0.05) is 43.1 Å². The number of rotatable bonds is 5. The standard InChI is InChI=1S/C20H24Cl2N4O/c1-3-13-7-8-16(21)15(4-2)19(13)23-20(27)14-6-5-11-26(12-14)18-10-9-17(22)24-25-18/h7-10,14H,3-6,11-12H2,1-2H3,(H,23,27). The third kappa shape index (κ3) is 4.53. The number of nitrogens with one attached hydrogen (secondary N) is 1. The highest BCUT2D eigenvalue weighted by molar-refractivity contribution is 6.32. The van der Waals surface area contributed by atoms with Crippen molar-refractivity contribution in [2.45, 2.75) is 39.5 Å². The van der Waals surface area contributed by atoms with E-state index in [2.05, 4.69) is 34.3 Å². The van der Waals surface area contributed by atoms with E-state index in [1.165, 1.54) is 0 Å². The van der Waals surface area contributed by atoms with Gasteiger partial charge in [-0.2, -0.15) is 0 Å². The molecule has 0 saturated carbocycles. The number of halogens is 2. The van der Waals surface area contributed by atoms with Gasteiger partial charge in [0, 0.05) is 23.8 Å². The van der Waals surface area contributed by atoms with Gasteiger partial charge in [0.05, 0.1) is 5.92 Å². The van der Waals surface area contributed by atoms with Crippen molar-refractivity contribution in [3.8, 4) is 0 Å². The van der Waals surface area contributed by atoms with Crippen LogP contribution in [0.4, 0.5) is 11.5 Å². The smallest absolute Gasteiger partial charge is 0.229 e. The molecule has 0 aliphatic carbocycles. The summed E-state index contributed by atoms with van der Waals surface area (Å²) in [4.78, 5) is 15.1. The number of aryl methyl sites for hydroxylation is 1. The molecular formula is C20H24Cl2N4O. The summed E-state index contributed by atoms with van der Waals surface area (Å²) in [6, 6.07) is 7.47. The van der Waals surface area contributed by atoms with Crippen molar-refractivity contribution in [3.63, 3.8) is 0 Å². The predicted octanol–water partition coefficient (Wildman–Crippen LogP) is 4.76. The van der Waals surface area contributed by atoms with Crippen LogP contribution >= 0.6 is 23.2 Å². The summed E-state index contributed by atoms with van der Waals surface area (Å²) in [6.45, 7) is 5.61. The molecule has 7 heteroatoms. The van der Waals surface area contributed by atoms with E-state index in [0.29, 0.717) is 16.7 Å². The Morgan fingerprint density at radius 1 is 1.19 bits per heavy atom. The van der Waals surface area contributed by atoms with Gasteiger partial charge in [0.15, 0.2) is 11.0 Å². The lowest BCUT2D eigenvalue weighted by molar-refractivity contribution is -0.120. The second-order valence-electron chi connectivity index (χ2n) is 6.76. The van der Waals surface area contributed by atoms with Gasteiger partial charge < -0.3 is 10.2 Å². The monoisotopic (exact) mass is 406 g/mol. The Morgan fingerprint density at radius 2 is 2.00 bits per heavy atom. The molecule has 2 aromatic rings. The van der Waals surface area contributed by atoms with Gasteiger partial charge in [-0.3, -0.25) is 4.79 Å². The molecule has 1 aromatic heterocycles. The zero-order chi connectivity index (χ0) is 19.4. The Balaban J connectivity index is 1.76. The van der Waals surface area contributed by atoms with Crippen molar-refractivity contribution in [1.82, 2.24) is 10.2 Å². The number of aromatic nitrogens is 2. The fourth-order valence-corrected chi connectivity index (χ4v) is 3.96. The number of hydrogen-bond acceptors (Lipinski definition) is 4. The summed E-state index contributed by atoms with van der Waals surface area (Å²) in [5.41, 5.74) is 2.99. The van der Waals surface area contributed by atoms with Crippen molar-refractivity contribution in [1.29, 1.82) is 0 Å². The van der Waals surface area contributed by atoms with Gasteiger partial charge >= 0.3 is 0 Å². The number of anilines is 2. The maximum Gasteiger partial charge on any atom is 0.229 e. The molecule has 144 valence electrons. The highest BCUT2D eigenvalue weighted by Gasteiger charge is 2.27. The van der Waals surface area contributed by atoms with Crippen LogP contribution in [-0.2, 0) is 17.6 Å². The maximum absolute atomic E-state index is 13.0. The molecule has 1 amide bonds. The minimum atomic E-state index is -0.107. The number of piperidine rings is 1. The Labute approximate surface area is 170 Å². The van der Waals surface area contributed by atoms with E-state index in [4.69, 9.17) is 23.2 Å². The normalized spacial score (nSPS) is 17.0. The zero-order valence-electron chi connectivity index (χ0n) is 15.6. The van der Waals surface area contributed by atoms with Crippen LogP contribution in [0.3, 0.4) is 0 Å². The number of carbonyl (C=O) groups excluding carboxylic acids is 1. The molecule has 1 N–H and O–H groups in total. The minimum Gasteiger partial charge on any atom is -0.354 e. The Morgan fingerprint density at radius 3 is 2.67 bits per heavy atom. The van der Waals surface area contributed by atoms with Crippen LogP contribution in [-0.4, -0.2) is 29.2 Å². The van der Waals surface area contributed by atoms with E-state index >= 15 is 0 Å². The molecule has 27 heavy (non-hydrogen) atoms. The Bertz CT molecular complexity index is 810. The molecule has 2 heterocycles. The summed E-state index contributed by atoms with van der Waals surface area (Å²) < 4.78 is 0. The number of hydrogen-bond donors (Lipinski definition) is 1. The van der Waals surface area contributed by atoms with Crippen molar-refractivity contribution in [2.75, 3.05) is 23.3 Å². The van der Waals surface area contributed by atoms with Crippen LogP contribution < -0.4 is 10.2 Å². The molecule has 1 fully saturated rings. The van der Waals surface area contributed by atoms with E-state index in [-0.39, 0.29) is 11.8 Å². The van der Waals surface area contributed by atoms with Gasteiger partial charge in [-0.25, -0.2) is 0 Å². The molecule has 1 saturated heterocycles. The van der Waals surface area contributed by atoms with Gasteiger partial charge in [0.25, 0.3) is 0 Å². The quantitative estimate of drug-likeness (QED) is 0.776. The van der Waals surface area contributed by atoms with E-state index in [1.54, 1.807) is 6.07 Å². The molecule has 3 rings (SSSR count). The lowest BCUT2D eigenvalue weighted by atomic mass is 9.96. The van der Waals surface area contributed by atoms with E-state index in [0.717, 1.165) is 54.9 Å². The maximum atomic E-state index is 13.0. The molecule has 0 spiro atoms. The molecule has 0 bridgehead atoms. The summed E-state index contributed by atoms with van der Waals surface area (Å²) in [5.74, 6) is 0.682. The fraction of sp³-hybridized carbons (Fsp3) is 0.450. The van der Waals surface area contributed by atoms with Crippen molar-refractivity contribution >= 4 is 40.6 Å². The lowest BCUT2D eigenvalue weighted by Crippen LogP contribution is -2.41. The van der Waals surface area contributed by atoms with Crippen molar-refractivity contribution < 1.29 is 4.79 Å². The SMILES string of the molecule is CCc1ccc(Cl)c(CC)c1NC(=O)C1CCCN(c2ccc(Cl)nn2)C1. The Kier molecular flexibility index (Phi) is 6.55. The second-order valence-corrected chi connectivity index (χ2v) is 7.55. The molecule has 1 aliphatic rings. The molecule has 1 aromatic carbocycles. The highest BCUT2D eigenvalue weighted by atomic mass is 35.5. The summed E-state index contributed by atoms with van der Waals surface area (Å²) >= 11 is 12.2. The largest absolute Gasteiger partial charge is 0.354 e. The van der Waals surface area contributed by atoms with Crippen molar-refractivity contribution in [3.05, 3.63) is 45.6 Å². The first-order chi connectivity index (χ1) is 13.0. The van der Waals surface area contributed by atoms with Crippen LogP contribution in [0.2, 0.25) is 10.2 Å². The van der Waals surface area contributed by atoms with E-state index in [1.807, 2.05) is 18.2 Å². The second kappa shape index (κ2) is 8.89. The van der Waals surface area contributed by atoms with Crippen LogP contribution in [0.1, 0.15) is 37.8 Å². The van der Waals surface area contributed by atoms with Crippen molar-refractivity contribution in [2.24, 2.45) is 5.92 Å². The predicted molar refractivity (Wildman–Crippen MR) is 111 cm³/mol. The number of amides is 1. The average Bonchev–Trinajstić information content (AvgIpc) is 2.69. The molecule has 0 radical (unpaired) electrons. The molecular weight excluding hydrogens is 383 g/mol. The third-order valence-electron chi connectivity index (χ3n) is 5.06. The number of nitrogens with zero attached hydrogens (tertiary/aromatic N) is 3. The Hall–Kier alpha value is -1.85. The first kappa shape index (κ1) is 19.9. The summed E-state index contributed by atoms with van der Waals surface area (Å²) in [5, 5.41) is 12.3. The van der Waals surface area contributed by atoms with E-state index < -0.39 is 0 Å². The molecule has 1 atom stereocenters. The van der Waals surface area contributed by atoms with Crippen LogP contribution in [0.15, 0.2) is 24.3 Å². The first-order valence-electron chi connectivity index (χ1n) is 9.38. The number of benzene rings is 1. The minimum absolute atomic E-state index is 0.0355. The molecule has 1 aliphatic heterocycles. The van der Waals surface area contributed by atoms with Gasteiger partial charge in [-0.05, 0) is 55.0 Å². The first-order valence-corrected chi connectivity index (χ1v) is 10.1. The topological polar surface area (TPSA) is 58.1 Å². The number of carbonyl (C=O) groups is 1.